The number of rotatable bonds is 3. The summed E-state index contributed by atoms with van der Waals surface area (Å²) in [7, 11) is 0. The molecule has 0 heterocycles. The zero-order chi connectivity index (χ0) is 22.8. The molecule has 3 aliphatic carbocycles. The average Bonchev–Trinajstić information content (AvgIpc) is 2.68. The molecular weight excluding hydrogens is 412 g/mol. The van der Waals surface area contributed by atoms with Gasteiger partial charge in [0, 0.05) is 0 Å². The summed E-state index contributed by atoms with van der Waals surface area (Å²) in [5.41, 5.74) is 0.948. The summed E-state index contributed by atoms with van der Waals surface area (Å²) >= 11 is 0. The second kappa shape index (κ2) is 13.5. The topological polar surface area (TPSA) is 0 Å². The van der Waals surface area contributed by atoms with E-state index in [2.05, 4.69) is 135 Å². The van der Waals surface area contributed by atoms with E-state index in [0.29, 0.717) is 34.0 Å². The SMILES string of the molecule is [CH2-]CC1C=CC=CC1(C)C.[CH2-]CC1C=CC=CC1(C)C.[CH2-]CC1C=CC=CC1(C)C.[Cr+3]. The van der Waals surface area contributed by atoms with Crippen LogP contribution >= 0.6 is 0 Å². The van der Waals surface area contributed by atoms with Crippen molar-refractivity contribution in [2.24, 2.45) is 34.0 Å². The van der Waals surface area contributed by atoms with Gasteiger partial charge < -0.3 is 20.8 Å². The number of hydrogen-bond donors (Lipinski definition) is 0. The van der Waals surface area contributed by atoms with Crippen LogP contribution in [0.5, 0.6) is 0 Å². The molecule has 0 bridgehead atoms. The summed E-state index contributed by atoms with van der Waals surface area (Å²) in [4.78, 5) is 0. The van der Waals surface area contributed by atoms with Gasteiger partial charge in [0.15, 0.2) is 0 Å². The molecule has 0 aromatic carbocycles. The maximum atomic E-state index is 3.92. The van der Waals surface area contributed by atoms with E-state index >= 15 is 0 Å². The predicted molar refractivity (Wildman–Crippen MR) is 137 cm³/mol. The summed E-state index contributed by atoms with van der Waals surface area (Å²) in [6.45, 7) is 25.3. The molecule has 0 aromatic heterocycles. The van der Waals surface area contributed by atoms with Gasteiger partial charge in [0.1, 0.15) is 0 Å². The molecule has 0 amide bonds. The predicted octanol–water partition coefficient (Wildman–Crippen LogP) is 8.93. The zero-order valence-corrected chi connectivity index (χ0v) is 22.1. The van der Waals surface area contributed by atoms with Gasteiger partial charge >= 0.3 is 17.4 Å². The van der Waals surface area contributed by atoms with Crippen LogP contribution in [0.25, 0.3) is 0 Å². The molecule has 0 N–H and O–H groups in total. The maximum Gasteiger partial charge on any atom is 3.00 e. The standard InChI is InChI=1S/3C10H15.Cr/c3*1-4-9-7-5-6-8-10(9,2)3;/h3*5-9H,1,4H2,2-3H3;/q3*-1;+3. The van der Waals surface area contributed by atoms with E-state index in [1.54, 1.807) is 0 Å². The van der Waals surface area contributed by atoms with Crippen molar-refractivity contribution in [1.82, 2.24) is 0 Å². The molecule has 1 heteroatoms. The minimum atomic E-state index is 0. The first kappa shape index (κ1) is 30.0. The van der Waals surface area contributed by atoms with E-state index in [4.69, 9.17) is 0 Å². The van der Waals surface area contributed by atoms with Gasteiger partial charge in [-0.05, 0) is 34.0 Å². The van der Waals surface area contributed by atoms with Gasteiger partial charge in [-0.2, -0.15) is 19.3 Å². The third kappa shape index (κ3) is 9.55. The molecule has 171 valence electrons. The number of allylic oxidation sites excluding steroid dienone is 12. The van der Waals surface area contributed by atoms with Gasteiger partial charge in [0.25, 0.3) is 0 Å². The minimum absolute atomic E-state index is 0. The van der Waals surface area contributed by atoms with Gasteiger partial charge in [-0.15, -0.1) is 0 Å². The Labute approximate surface area is 205 Å². The zero-order valence-electron chi connectivity index (χ0n) is 20.8. The first-order valence-electron chi connectivity index (χ1n) is 11.5. The van der Waals surface area contributed by atoms with Crippen molar-refractivity contribution in [2.75, 3.05) is 0 Å². The van der Waals surface area contributed by atoms with Crippen molar-refractivity contribution in [3.63, 3.8) is 0 Å². The van der Waals surface area contributed by atoms with Gasteiger partial charge in [0.2, 0.25) is 0 Å². The summed E-state index contributed by atoms with van der Waals surface area (Å²) in [6.07, 6.45) is 29.2. The Hall–Kier alpha value is -1.03. The normalized spacial score (nSPS) is 28.0. The number of hydrogen-bond acceptors (Lipinski definition) is 0. The van der Waals surface area contributed by atoms with Crippen LogP contribution in [0.4, 0.5) is 0 Å². The molecule has 3 atom stereocenters. The molecule has 0 aromatic rings. The Morgan fingerprint density at radius 2 is 0.710 bits per heavy atom. The van der Waals surface area contributed by atoms with Crippen LogP contribution in [0, 0.1) is 54.8 Å². The third-order valence-electron chi connectivity index (χ3n) is 6.74. The fourth-order valence-corrected chi connectivity index (χ4v) is 4.03. The molecule has 0 saturated heterocycles. The second-order valence-corrected chi connectivity index (χ2v) is 10.4. The van der Waals surface area contributed by atoms with Gasteiger partial charge in [0.05, 0.1) is 0 Å². The van der Waals surface area contributed by atoms with Crippen LogP contribution in [0.15, 0.2) is 72.9 Å². The fraction of sp³-hybridized carbons (Fsp3) is 0.500. The van der Waals surface area contributed by atoms with Crippen molar-refractivity contribution in [1.29, 1.82) is 0 Å². The van der Waals surface area contributed by atoms with Crippen LogP contribution in [0.3, 0.4) is 0 Å². The third-order valence-corrected chi connectivity index (χ3v) is 6.74. The summed E-state index contributed by atoms with van der Waals surface area (Å²) in [5, 5.41) is 0. The summed E-state index contributed by atoms with van der Waals surface area (Å²) < 4.78 is 0. The van der Waals surface area contributed by atoms with Crippen molar-refractivity contribution in [3.05, 3.63) is 93.7 Å². The molecule has 0 nitrogen and oxygen atoms in total. The first-order chi connectivity index (χ1) is 14.0. The van der Waals surface area contributed by atoms with Gasteiger partial charge in [-0.3, -0.25) is 0 Å². The fourth-order valence-electron chi connectivity index (χ4n) is 4.03. The molecule has 1 radical (unpaired) electrons. The van der Waals surface area contributed by atoms with Crippen molar-refractivity contribution in [2.45, 2.75) is 60.8 Å². The van der Waals surface area contributed by atoms with E-state index in [1.807, 2.05) is 0 Å². The molecule has 0 saturated carbocycles. The van der Waals surface area contributed by atoms with Crippen molar-refractivity contribution in [3.8, 4) is 0 Å². The molecule has 3 rings (SSSR count). The van der Waals surface area contributed by atoms with E-state index in [-0.39, 0.29) is 17.4 Å². The maximum absolute atomic E-state index is 3.92. The van der Waals surface area contributed by atoms with Crippen molar-refractivity contribution < 1.29 is 17.4 Å². The Balaban J connectivity index is 0.000000429. The van der Waals surface area contributed by atoms with Crippen LogP contribution in [-0.2, 0) is 17.4 Å². The Kier molecular flexibility index (Phi) is 13.1. The monoisotopic (exact) mass is 457 g/mol. The molecule has 0 spiro atoms. The molecular formula is C30H45Cr. The Bertz CT molecular complexity index is 584. The largest absolute Gasteiger partial charge is 3.00 e. The second-order valence-electron chi connectivity index (χ2n) is 10.4. The Morgan fingerprint density at radius 1 is 0.484 bits per heavy atom. The van der Waals surface area contributed by atoms with E-state index in [9.17, 15) is 0 Å². The smallest absolute Gasteiger partial charge is 0.343 e. The molecule has 0 fully saturated rings. The molecule has 3 unspecified atom stereocenters. The molecule has 31 heavy (non-hydrogen) atoms. The van der Waals surface area contributed by atoms with E-state index < -0.39 is 0 Å². The summed E-state index contributed by atoms with van der Waals surface area (Å²) in [5.74, 6) is 1.87. The van der Waals surface area contributed by atoms with E-state index in [0.717, 1.165) is 19.3 Å². The van der Waals surface area contributed by atoms with Gasteiger partial charge in [-0.25, -0.2) is 0 Å². The average molecular weight is 458 g/mol. The van der Waals surface area contributed by atoms with Crippen LogP contribution in [0.2, 0.25) is 0 Å². The molecule has 0 aliphatic heterocycles. The van der Waals surface area contributed by atoms with Crippen molar-refractivity contribution >= 4 is 0 Å². The quantitative estimate of drug-likeness (QED) is 0.371. The first-order valence-corrected chi connectivity index (χ1v) is 11.5. The van der Waals surface area contributed by atoms with Gasteiger partial charge in [-0.1, -0.05) is 114 Å². The Morgan fingerprint density at radius 3 is 0.839 bits per heavy atom. The van der Waals surface area contributed by atoms with Crippen LogP contribution in [0.1, 0.15) is 60.8 Å². The van der Waals surface area contributed by atoms with Crippen LogP contribution < -0.4 is 0 Å². The minimum Gasteiger partial charge on any atom is -0.343 e. The van der Waals surface area contributed by atoms with E-state index in [1.165, 1.54) is 0 Å². The molecule has 3 aliphatic rings. The summed E-state index contributed by atoms with van der Waals surface area (Å²) in [6, 6.07) is 0. The van der Waals surface area contributed by atoms with Crippen LogP contribution in [-0.4, -0.2) is 0 Å².